The van der Waals surface area contributed by atoms with Crippen molar-refractivity contribution in [1.82, 2.24) is 9.38 Å². The fraction of sp³-hybridized carbons (Fsp3) is 0. The van der Waals surface area contributed by atoms with Crippen LogP contribution in [0, 0.1) is 0 Å². The lowest BCUT2D eigenvalue weighted by Gasteiger charge is -1.81. The van der Waals surface area contributed by atoms with Crippen molar-refractivity contribution in [2.45, 2.75) is 0 Å². The highest BCUT2D eigenvalue weighted by atomic mass is 79.9. The maximum Gasteiger partial charge on any atom is 0.269 e. The van der Waals surface area contributed by atoms with Gasteiger partial charge in [0.25, 0.3) is 5.91 Å². The highest BCUT2D eigenvalue weighted by Crippen LogP contribution is 2.22. The Bertz CT molecular complexity index is 520. The first-order chi connectivity index (χ1) is 6.70. The van der Waals surface area contributed by atoms with Crippen LogP contribution in [0.2, 0.25) is 0 Å². The zero-order valence-electron chi connectivity index (χ0n) is 6.59. The van der Waals surface area contributed by atoms with Gasteiger partial charge in [-0.1, -0.05) is 11.3 Å². The predicted octanol–water partition coefficient (Wildman–Crippen LogP) is 2.61. The number of thiazole rings is 1. The number of halogens is 1. The van der Waals surface area contributed by atoms with Crippen molar-refractivity contribution in [2.75, 3.05) is 0 Å². The minimum absolute atomic E-state index is 0.154. The van der Waals surface area contributed by atoms with E-state index in [2.05, 4.69) is 30.9 Å². The second-order valence-corrected chi connectivity index (χ2v) is 4.73. The van der Waals surface area contributed by atoms with Crippen LogP contribution in [-0.2, 0) is 0 Å². The van der Waals surface area contributed by atoms with Crippen LogP contribution in [0.15, 0.2) is 21.3 Å². The van der Waals surface area contributed by atoms with E-state index in [4.69, 9.17) is 5.53 Å². The molecule has 1 amide bonds. The fourth-order valence-electron chi connectivity index (χ4n) is 0.962. The Hall–Kier alpha value is -1.37. The number of azide groups is 1. The van der Waals surface area contributed by atoms with Crippen molar-refractivity contribution in [3.8, 4) is 0 Å². The maximum absolute atomic E-state index is 11.1. The van der Waals surface area contributed by atoms with Crippen LogP contribution < -0.4 is 0 Å². The van der Waals surface area contributed by atoms with E-state index < -0.39 is 5.91 Å². The summed E-state index contributed by atoms with van der Waals surface area (Å²) in [4.78, 5) is 18.2. The van der Waals surface area contributed by atoms with Crippen LogP contribution in [0.25, 0.3) is 15.4 Å². The van der Waals surface area contributed by atoms with E-state index in [1.54, 1.807) is 10.6 Å². The van der Waals surface area contributed by atoms with Crippen molar-refractivity contribution in [3.63, 3.8) is 0 Å². The van der Waals surface area contributed by atoms with E-state index in [0.29, 0.717) is 4.96 Å². The lowest BCUT2D eigenvalue weighted by atomic mass is 10.5. The van der Waals surface area contributed by atoms with Gasteiger partial charge in [0, 0.05) is 17.3 Å². The molecule has 0 fully saturated rings. The van der Waals surface area contributed by atoms with Gasteiger partial charge in [-0.2, -0.15) is 0 Å². The topological polar surface area (TPSA) is 83.1 Å². The Morgan fingerprint density at radius 3 is 3.14 bits per heavy atom. The minimum atomic E-state index is -0.667. The van der Waals surface area contributed by atoms with Crippen molar-refractivity contribution in [2.24, 2.45) is 5.11 Å². The van der Waals surface area contributed by atoms with Gasteiger partial charge in [-0.05, 0) is 26.6 Å². The minimum Gasteiger partial charge on any atom is -0.296 e. The van der Waals surface area contributed by atoms with Gasteiger partial charge in [-0.3, -0.25) is 9.20 Å². The van der Waals surface area contributed by atoms with Crippen molar-refractivity contribution >= 4 is 38.1 Å². The highest BCUT2D eigenvalue weighted by molar-refractivity contribution is 9.11. The summed E-state index contributed by atoms with van der Waals surface area (Å²) in [7, 11) is 0. The summed E-state index contributed by atoms with van der Waals surface area (Å²) in [5, 5.41) is 2.95. The number of hydrogen-bond donors (Lipinski definition) is 0. The lowest BCUT2D eigenvalue weighted by molar-refractivity contribution is 0.0996. The Morgan fingerprint density at radius 1 is 1.71 bits per heavy atom. The molecule has 0 aliphatic heterocycles. The third kappa shape index (κ3) is 1.50. The molecule has 2 heterocycles. The van der Waals surface area contributed by atoms with Crippen LogP contribution in [0.1, 0.15) is 10.5 Å². The first-order valence-corrected chi connectivity index (χ1v) is 5.05. The Balaban J connectivity index is 2.50. The molecule has 8 heteroatoms. The zero-order valence-corrected chi connectivity index (χ0v) is 8.99. The molecule has 0 spiro atoms. The number of imidazole rings is 1. The quantitative estimate of drug-likeness (QED) is 0.454. The number of rotatable bonds is 1. The summed E-state index contributed by atoms with van der Waals surface area (Å²) in [6, 6.07) is 0. The number of nitrogens with zero attached hydrogens (tertiary/aromatic N) is 5. The van der Waals surface area contributed by atoms with E-state index >= 15 is 0 Å². The van der Waals surface area contributed by atoms with E-state index in [1.165, 1.54) is 17.5 Å². The Morgan fingerprint density at radius 2 is 2.50 bits per heavy atom. The van der Waals surface area contributed by atoms with E-state index in [1.807, 2.05) is 0 Å². The van der Waals surface area contributed by atoms with Gasteiger partial charge in [0.1, 0.15) is 5.69 Å². The zero-order chi connectivity index (χ0) is 10.1. The molecule has 0 unspecified atom stereocenters. The summed E-state index contributed by atoms with van der Waals surface area (Å²) < 4.78 is 2.61. The molecule has 0 N–H and O–H groups in total. The van der Waals surface area contributed by atoms with Crippen LogP contribution in [0.5, 0.6) is 0 Å². The summed E-state index contributed by atoms with van der Waals surface area (Å²) in [5.41, 5.74) is 8.22. The summed E-state index contributed by atoms with van der Waals surface area (Å²) in [6.07, 6.45) is 3.30. The van der Waals surface area contributed by atoms with E-state index in [0.717, 1.165) is 3.79 Å². The lowest BCUT2D eigenvalue weighted by Crippen LogP contribution is -1.92. The van der Waals surface area contributed by atoms with Crippen LogP contribution in [-0.4, -0.2) is 15.3 Å². The molecule has 2 rings (SSSR count). The molecule has 70 valence electrons. The number of carbonyl (C=O) groups is 1. The fourth-order valence-corrected chi connectivity index (χ4v) is 2.31. The van der Waals surface area contributed by atoms with Gasteiger partial charge in [-0.25, -0.2) is 4.98 Å². The Labute approximate surface area is 89.9 Å². The number of aromatic nitrogens is 2. The third-order valence-electron chi connectivity index (χ3n) is 1.48. The van der Waals surface area contributed by atoms with Crippen LogP contribution >= 0.6 is 27.3 Å². The average Bonchev–Trinajstić information content (AvgIpc) is 2.61. The molecule has 0 aliphatic rings. The standard InChI is InChI=1S/C6H2BrN5OS/c7-4-2-12-1-3(5(13)10-11-8)9-6(12)14-4/h1-2H. The third-order valence-corrected chi connectivity index (χ3v) is 2.96. The molecule has 6 nitrogen and oxygen atoms in total. The maximum atomic E-state index is 11.1. The van der Waals surface area contributed by atoms with Gasteiger partial charge in [-0.15, -0.1) is 0 Å². The van der Waals surface area contributed by atoms with Crippen molar-refractivity contribution in [1.29, 1.82) is 0 Å². The first kappa shape index (κ1) is 9.20. The normalized spacial score (nSPS) is 10.1. The van der Waals surface area contributed by atoms with E-state index in [9.17, 15) is 4.79 Å². The molecular weight excluding hydrogens is 270 g/mol. The molecule has 2 aromatic rings. The largest absolute Gasteiger partial charge is 0.296 e. The van der Waals surface area contributed by atoms with Crippen molar-refractivity contribution < 1.29 is 4.79 Å². The molecule has 0 aliphatic carbocycles. The molecule has 0 bridgehead atoms. The van der Waals surface area contributed by atoms with Gasteiger partial charge < -0.3 is 0 Å². The second-order valence-electron chi connectivity index (χ2n) is 2.35. The monoisotopic (exact) mass is 271 g/mol. The van der Waals surface area contributed by atoms with Gasteiger partial charge >= 0.3 is 0 Å². The molecule has 0 radical (unpaired) electrons. The summed E-state index contributed by atoms with van der Waals surface area (Å²) >= 11 is 4.68. The number of carbonyl (C=O) groups excluding carboxylic acids is 1. The van der Waals surface area contributed by atoms with Crippen LogP contribution in [0.4, 0.5) is 0 Å². The average molecular weight is 272 g/mol. The molecule has 0 atom stereocenters. The molecule has 14 heavy (non-hydrogen) atoms. The molecular formula is C6H2BrN5OS. The highest BCUT2D eigenvalue weighted by Gasteiger charge is 2.10. The van der Waals surface area contributed by atoms with Gasteiger partial charge in [0.05, 0.1) is 3.79 Å². The SMILES string of the molecule is [N-]=[N+]=NC(=O)c1cn2cc(Br)sc2n1. The number of fused-ring (bicyclic) bond motifs is 1. The number of amides is 1. The first-order valence-electron chi connectivity index (χ1n) is 3.44. The van der Waals surface area contributed by atoms with Crippen molar-refractivity contribution in [3.05, 3.63) is 32.3 Å². The second kappa shape index (κ2) is 3.41. The number of hydrogen-bond acceptors (Lipinski definition) is 3. The van der Waals surface area contributed by atoms with E-state index in [-0.39, 0.29) is 5.69 Å². The summed E-state index contributed by atoms with van der Waals surface area (Å²) in [5.74, 6) is -0.667. The van der Waals surface area contributed by atoms with Crippen LogP contribution in [0.3, 0.4) is 0 Å². The molecule has 0 saturated carbocycles. The Kier molecular flexibility index (Phi) is 2.24. The smallest absolute Gasteiger partial charge is 0.269 e. The molecule has 0 saturated heterocycles. The summed E-state index contributed by atoms with van der Waals surface area (Å²) in [6.45, 7) is 0. The van der Waals surface area contributed by atoms with Gasteiger partial charge in [0.2, 0.25) is 0 Å². The molecule has 2 aromatic heterocycles. The molecule has 0 aromatic carbocycles. The van der Waals surface area contributed by atoms with Gasteiger partial charge in [0.15, 0.2) is 4.96 Å². The predicted molar refractivity (Wildman–Crippen MR) is 54.2 cm³/mol.